The van der Waals surface area contributed by atoms with Crippen LogP contribution in [0, 0.1) is 0 Å². The van der Waals surface area contributed by atoms with Crippen molar-refractivity contribution in [2.75, 3.05) is 25.1 Å². The van der Waals surface area contributed by atoms with Crippen molar-refractivity contribution >= 4 is 34.5 Å². The van der Waals surface area contributed by atoms with E-state index in [9.17, 15) is 4.79 Å². The number of H-pyrrole nitrogens is 1. The molecule has 1 aliphatic heterocycles. The molecule has 0 bridgehead atoms. The SMILES string of the molecule is COc1nccc(-c2[nH]nc3nc(N4CCC(N)(c5ccccc5)CC4)nc(C(N)=O)c23)c1Cl. The number of hydrogen-bond donors (Lipinski definition) is 3. The topological polar surface area (TPSA) is 149 Å². The molecule has 0 spiro atoms. The third-order valence-electron chi connectivity index (χ3n) is 6.24. The van der Waals surface area contributed by atoms with Crippen LogP contribution in [-0.4, -0.2) is 51.3 Å². The van der Waals surface area contributed by atoms with Gasteiger partial charge in [0.15, 0.2) is 5.65 Å². The Hall–Kier alpha value is -3.76. The summed E-state index contributed by atoms with van der Waals surface area (Å²) in [6, 6.07) is 11.7. The van der Waals surface area contributed by atoms with Crippen molar-refractivity contribution in [2.45, 2.75) is 18.4 Å². The van der Waals surface area contributed by atoms with Crippen molar-refractivity contribution < 1.29 is 9.53 Å². The average molecular weight is 479 g/mol. The second kappa shape index (κ2) is 8.54. The molecule has 4 aromatic rings. The summed E-state index contributed by atoms with van der Waals surface area (Å²) in [5.74, 6) is -0.0622. The van der Waals surface area contributed by atoms with E-state index in [0.717, 1.165) is 5.56 Å². The number of primary amides is 1. The Morgan fingerprint density at radius 2 is 1.91 bits per heavy atom. The molecule has 0 saturated carbocycles. The number of carbonyl (C=O) groups excluding carboxylic acids is 1. The lowest BCUT2D eigenvalue weighted by Gasteiger charge is -2.39. The Bertz CT molecular complexity index is 1370. The first kappa shape index (κ1) is 22.1. The first-order chi connectivity index (χ1) is 16.4. The lowest BCUT2D eigenvalue weighted by atomic mass is 9.82. The maximum atomic E-state index is 12.4. The second-order valence-corrected chi connectivity index (χ2v) is 8.60. The predicted molar refractivity (Wildman–Crippen MR) is 129 cm³/mol. The maximum absolute atomic E-state index is 12.4. The van der Waals surface area contributed by atoms with Crippen LogP contribution in [0.25, 0.3) is 22.3 Å². The second-order valence-electron chi connectivity index (χ2n) is 8.22. The highest BCUT2D eigenvalue weighted by Crippen LogP contribution is 2.37. The zero-order valence-electron chi connectivity index (χ0n) is 18.5. The van der Waals surface area contributed by atoms with E-state index in [1.54, 1.807) is 12.3 Å². The van der Waals surface area contributed by atoms with Crippen molar-refractivity contribution in [3.05, 3.63) is 58.9 Å². The van der Waals surface area contributed by atoms with Gasteiger partial charge in [-0.25, -0.2) is 9.97 Å². The van der Waals surface area contributed by atoms with E-state index in [2.05, 4.69) is 25.1 Å². The van der Waals surface area contributed by atoms with Gasteiger partial charge in [-0.3, -0.25) is 9.89 Å². The number of carbonyl (C=O) groups is 1. The Morgan fingerprint density at radius 1 is 1.18 bits per heavy atom. The van der Waals surface area contributed by atoms with E-state index in [-0.39, 0.29) is 16.6 Å². The van der Waals surface area contributed by atoms with Crippen LogP contribution in [0.5, 0.6) is 5.88 Å². The van der Waals surface area contributed by atoms with Crippen LogP contribution in [0.2, 0.25) is 5.02 Å². The smallest absolute Gasteiger partial charge is 0.268 e. The number of nitrogens with two attached hydrogens (primary N) is 2. The molecular formula is C23H23ClN8O2. The molecule has 4 heterocycles. The van der Waals surface area contributed by atoms with E-state index in [0.29, 0.717) is 54.2 Å². The van der Waals surface area contributed by atoms with Gasteiger partial charge in [0, 0.05) is 30.4 Å². The summed E-state index contributed by atoms with van der Waals surface area (Å²) < 4.78 is 5.20. The number of aromatic nitrogens is 5. The number of nitrogens with zero attached hydrogens (tertiary/aromatic N) is 5. The number of methoxy groups -OCH3 is 1. The highest BCUT2D eigenvalue weighted by atomic mass is 35.5. The van der Waals surface area contributed by atoms with E-state index in [1.807, 2.05) is 35.2 Å². The number of nitrogens with one attached hydrogen (secondary N) is 1. The lowest BCUT2D eigenvalue weighted by molar-refractivity contribution is 0.0997. The molecule has 0 radical (unpaired) electrons. The molecule has 5 N–H and O–H groups in total. The molecule has 10 nitrogen and oxygen atoms in total. The molecule has 1 saturated heterocycles. The van der Waals surface area contributed by atoms with Gasteiger partial charge in [0.05, 0.1) is 18.2 Å². The number of piperidine rings is 1. The normalized spacial score (nSPS) is 15.4. The molecule has 5 rings (SSSR count). The summed E-state index contributed by atoms with van der Waals surface area (Å²) in [6.07, 6.45) is 2.97. The zero-order chi connectivity index (χ0) is 23.9. The number of halogens is 1. The van der Waals surface area contributed by atoms with Crippen LogP contribution in [-0.2, 0) is 5.54 Å². The molecule has 3 aromatic heterocycles. The number of ether oxygens (including phenoxy) is 1. The Morgan fingerprint density at radius 3 is 2.59 bits per heavy atom. The fraction of sp³-hybridized carbons (Fsp3) is 0.261. The minimum Gasteiger partial charge on any atom is -0.480 e. The van der Waals surface area contributed by atoms with Gasteiger partial charge in [-0.15, -0.1) is 0 Å². The maximum Gasteiger partial charge on any atom is 0.268 e. The number of aromatic amines is 1. The Labute approximate surface area is 200 Å². The summed E-state index contributed by atoms with van der Waals surface area (Å²) in [4.78, 5) is 27.6. The number of anilines is 1. The summed E-state index contributed by atoms with van der Waals surface area (Å²) in [5, 5.41) is 7.89. The largest absolute Gasteiger partial charge is 0.480 e. The van der Waals surface area contributed by atoms with E-state index < -0.39 is 11.4 Å². The third-order valence-corrected chi connectivity index (χ3v) is 6.61. The van der Waals surface area contributed by atoms with Gasteiger partial charge >= 0.3 is 0 Å². The molecule has 34 heavy (non-hydrogen) atoms. The van der Waals surface area contributed by atoms with Crippen LogP contribution in [0.15, 0.2) is 42.6 Å². The van der Waals surface area contributed by atoms with Crippen molar-refractivity contribution in [3.63, 3.8) is 0 Å². The molecule has 0 unspecified atom stereocenters. The molecule has 0 atom stereocenters. The van der Waals surface area contributed by atoms with Gasteiger partial charge in [0.1, 0.15) is 10.7 Å². The molecule has 174 valence electrons. The number of hydrogen-bond acceptors (Lipinski definition) is 8. The van der Waals surface area contributed by atoms with Crippen molar-refractivity contribution in [1.29, 1.82) is 0 Å². The predicted octanol–water partition coefficient (Wildman–Crippen LogP) is 2.63. The van der Waals surface area contributed by atoms with Gasteiger partial charge in [-0.05, 0) is 24.5 Å². The first-order valence-electron chi connectivity index (χ1n) is 10.8. The van der Waals surface area contributed by atoms with Crippen LogP contribution in [0.3, 0.4) is 0 Å². The summed E-state index contributed by atoms with van der Waals surface area (Å²) in [7, 11) is 1.47. The average Bonchev–Trinajstić information content (AvgIpc) is 3.28. The molecule has 1 aliphatic rings. The number of benzene rings is 1. The molecule has 1 aromatic carbocycles. The zero-order valence-corrected chi connectivity index (χ0v) is 19.2. The van der Waals surface area contributed by atoms with Crippen LogP contribution >= 0.6 is 11.6 Å². The van der Waals surface area contributed by atoms with Gasteiger partial charge in [0.25, 0.3) is 5.91 Å². The molecule has 1 fully saturated rings. The number of pyridine rings is 1. The quantitative estimate of drug-likeness (QED) is 0.396. The van der Waals surface area contributed by atoms with Crippen molar-refractivity contribution in [1.82, 2.24) is 25.1 Å². The van der Waals surface area contributed by atoms with Gasteiger partial charge in [-0.1, -0.05) is 41.9 Å². The minimum absolute atomic E-state index is 0.0586. The van der Waals surface area contributed by atoms with Gasteiger partial charge in [0.2, 0.25) is 11.8 Å². The Kier molecular flexibility index (Phi) is 5.54. The molecule has 1 amide bonds. The fourth-order valence-corrected chi connectivity index (χ4v) is 4.64. The van der Waals surface area contributed by atoms with E-state index in [4.69, 9.17) is 27.8 Å². The molecule has 11 heteroatoms. The summed E-state index contributed by atoms with van der Waals surface area (Å²) >= 11 is 6.45. The summed E-state index contributed by atoms with van der Waals surface area (Å²) in [5.41, 5.74) is 14.5. The minimum atomic E-state index is -0.692. The standard InChI is InChI=1S/C23H23ClN8O2/c1-34-21-16(24)14(7-10-27-21)17-15-18(19(25)33)28-22(29-20(15)31-30-17)32-11-8-23(26,9-12-32)13-5-3-2-4-6-13/h2-7,10H,8-9,11-12,26H2,1H3,(H2,25,33)(H,28,29,30,31). The van der Waals surface area contributed by atoms with Crippen molar-refractivity contribution in [2.24, 2.45) is 11.5 Å². The lowest BCUT2D eigenvalue weighted by Crippen LogP contribution is -2.48. The number of fused-ring (bicyclic) bond motifs is 1. The van der Waals surface area contributed by atoms with Crippen LogP contribution in [0.4, 0.5) is 5.95 Å². The van der Waals surface area contributed by atoms with Crippen molar-refractivity contribution in [3.8, 4) is 17.1 Å². The highest BCUT2D eigenvalue weighted by Gasteiger charge is 2.34. The fourth-order valence-electron chi connectivity index (χ4n) is 4.35. The number of rotatable bonds is 5. The first-order valence-corrected chi connectivity index (χ1v) is 11.1. The summed E-state index contributed by atoms with van der Waals surface area (Å²) in [6.45, 7) is 1.25. The van der Waals surface area contributed by atoms with E-state index >= 15 is 0 Å². The molecule has 0 aliphatic carbocycles. The van der Waals surface area contributed by atoms with Gasteiger partial charge in [-0.2, -0.15) is 10.1 Å². The van der Waals surface area contributed by atoms with Gasteiger partial charge < -0.3 is 21.1 Å². The Balaban J connectivity index is 1.51. The third kappa shape index (κ3) is 3.70. The van der Waals surface area contributed by atoms with E-state index in [1.165, 1.54) is 7.11 Å². The van der Waals surface area contributed by atoms with Crippen LogP contribution in [0.1, 0.15) is 28.9 Å². The molecular weight excluding hydrogens is 456 g/mol. The van der Waals surface area contributed by atoms with Crippen LogP contribution < -0.4 is 21.1 Å². The number of amides is 1. The highest BCUT2D eigenvalue weighted by molar-refractivity contribution is 6.35. The monoisotopic (exact) mass is 478 g/mol.